The molecule has 0 saturated carbocycles. The second-order valence-corrected chi connectivity index (χ2v) is 4.36. The van der Waals surface area contributed by atoms with Crippen LogP contribution in [0.25, 0.3) is 0 Å². The van der Waals surface area contributed by atoms with Crippen LogP contribution < -0.4 is 10.1 Å². The van der Waals surface area contributed by atoms with E-state index in [-0.39, 0.29) is 5.56 Å². The Morgan fingerprint density at radius 1 is 1.10 bits per heavy atom. The number of amides is 1. The summed E-state index contributed by atoms with van der Waals surface area (Å²) in [5, 5.41) is 2.20. The number of nitrogens with one attached hydrogen (secondary N) is 1. The number of halogens is 3. The first-order chi connectivity index (χ1) is 9.93. The molecule has 110 valence electrons. The highest BCUT2D eigenvalue weighted by Gasteiger charge is 2.16. The van der Waals surface area contributed by atoms with Gasteiger partial charge in [0, 0.05) is 5.56 Å². The van der Waals surface area contributed by atoms with Gasteiger partial charge in [-0.1, -0.05) is 0 Å². The lowest BCUT2D eigenvalue weighted by Gasteiger charge is -2.09. The van der Waals surface area contributed by atoms with Gasteiger partial charge in [0.1, 0.15) is 5.75 Å². The van der Waals surface area contributed by atoms with E-state index in [4.69, 9.17) is 4.74 Å². The van der Waals surface area contributed by atoms with Crippen molar-refractivity contribution in [2.75, 3.05) is 12.4 Å². The van der Waals surface area contributed by atoms with Gasteiger partial charge in [0.25, 0.3) is 5.91 Å². The number of anilines is 1. The second kappa shape index (κ2) is 5.87. The van der Waals surface area contributed by atoms with E-state index < -0.39 is 29.0 Å². The summed E-state index contributed by atoms with van der Waals surface area (Å²) in [4.78, 5) is 12.0. The van der Waals surface area contributed by atoms with Crippen LogP contribution in [-0.4, -0.2) is 13.0 Å². The van der Waals surface area contributed by atoms with Gasteiger partial charge < -0.3 is 10.1 Å². The summed E-state index contributed by atoms with van der Waals surface area (Å²) >= 11 is 0. The summed E-state index contributed by atoms with van der Waals surface area (Å²) in [6, 6.07) is 6.33. The molecule has 0 aliphatic carbocycles. The molecule has 6 heteroatoms. The molecule has 2 aromatic rings. The normalized spacial score (nSPS) is 10.3. The molecule has 21 heavy (non-hydrogen) atoms. The van der Waals surface area contributed by atoms with Crippen LogP contribution in [0.2, 0.25) is 0 Å². The zero-order valence-electron chi connectivity index (χ0n) is 11.3. The number of benzene rings is 2. The van der Waals surface area contributed by atoms with E-state index in [2.05, 4.69) is 5.32 Å². The highest BCUT2D eigenvalue weighted by atomic mass is 19.2. The molecular weight excluding hydrogens is 283 g/mol. The fourth-order valence-corrected chi connectivity index (χ4v) is 1.84. The highest BCUT2D eigenvalue weighted by Crippen LogP contribution is 2.22. The molecule has 1 amide bonds. The summed E-state index contributed by atoms with van der Waals surface area (Å²) < 4.78 is 44.5. The Bertz CT molecular complexity index is 702. The van der Waals surface area contributed by atoms with Crippen molar-refractivity contribution in [1.82, 2.24) is 0 Å². The summed E-state index contributed by atoms with van der Waals surface area (Å²) in [6.45, 7) is 1.74. The number of rotatable bonds is 3. The van der Waals surface area contributed by atoms with Gasteiger partial charge in [-0.3, -0.25) is 4.79 Å². The van der Waals surface area contributed by atoms with Crippen LogP contribution in [0.3, 0.4) is 0 Å². The van der Waals surface area contributed by atoms with Crippen molar-refractivity contribution in [3.8, 4) is 5.75 Å². The number of carbonyl (C=O) groups excluding carboxylic acids is 1. The third-order valence-corrected chi connectivity index (χ3v) is 2.94. The van der Waals surface area contributed by atoms with Crippen LogP contribution in [-0.2, 0) is 0 Å². The van der Waals surface area contributed by atoms with E-state index in [9.17, 15) is 18.0 Å². The van der Waals surface area contributed by atoms with Crippen molar-refractivity contribution in [2.24, 2.45) is 0 Å². The van der Waals surface area contributed by atoms with Gasteiger partial charge in [-0.2, -0.15) is 0 Å². The van der Waals surface area contributed by atoms with Gasteiger partial charge in [0.2, 0.25) is 0 Å². The Hall–Kier alpha value is -2.50. The van der Waals surface area contributed by atoms with Crippen LogP contribution in [0.15, 0.2) is 30.3 Å². The zero-order valence-corrected chi connectivity index (χ0v) is 11.3. The molecule has 0 fully saturated rings. The van der Waals surface area contributed by atoms with Gasteiger partial charge in [-0.15, -0.1) is 0 Å². The summed E-state index contributed by atoms with van der Waals surface area (Å²) in [6.07, 6.45) is 0. The van der Waals surface area contributed by atoms with Crippen molar-refractivity contribution < 1.29 is 22.7 Å². The molecule has 0 aliphatic heterocycles. The average Bonchev–Trinajstić information content (AvgIpc) is 2.47. The number of hydrogen-bond acceptors (Lipinski definition) is 2. The monoisotopic (exact) mass is 295 g/mol. The van der Waals surface area contributed by atoms with Crippen molar-refractivity contribution in [2.45, 2.75) is 6.92 Å². The number of ether oxygens (including phenoxy) is 1. The topological polar surface area (TPSA) is 38.3 Å². The van der Waals surface area contributed by atoms with Gasteiger partial charge >= 0.3 is 0 Å². The maximum atomic E-state index is 13.5. The molecule has 0 saturated heterocycles. The lowest BCUT2D eigenvalue weighted by Crippen LogP contribution is -2.14. The third-order valence-electron chi connectivity index (χ3n) is 2.94. The van der Waals surface area contributed by atoms with Crippen molar-refractivity contribution >= 4 is 11.6 Å². The molecule has 0 radical (unpaired) electrons. The number of aryl methyl sites for hydroxylation is 1. The second-order valence-electron chi connectivity index (χ2n) is 4.36. The minimum atomic E-state index is -1.63. The quantitative estimate of drug-likeness (QED) is 0.877. The molecule has 0 aliphatic rings. The molecule has 0 unspecified atom stereocenters. The molecule has 0 bridgehead atoms. The first-order valence-electron chi connectivity index (χ1n) is 6.03. The van der Waals surface area contributed by atoms with Gasteiger partial charge in [0.05, 0.1) is 12.8 Å². The highest BCUT2D eigenvalue weighted by molar-refractivity contribution is 6.04. The molecule has 0 aromatic heterocycles. The smallest absolute Gasteiger partial charge is 0.255 e. The number of methoxy groups -OCH3 is 1. The molecule has 2 aromatic carbocycles. The molecule has 0 heterocycles. The Labute approximate surface area is 119 Å². The van der Waals surface area contributed by atoms with E-state index in [0.717, 1.165) is 17.7 Å². The summed E-state index contributed by atoms with van der Waals surface area (Å²) in [7, 11) is 1.50. The fourth-order valence-electron chi connectivity index (χ4n) is 1.84. The van der Waals surface area contributed by atoms with Crippen molar-refractivity contribution in [3.05, 3.63) is 58.9 Å². The van der Waals surface area contributed by atoms with Gasteiger partial charge in [-0.25, -0.2) is 13.2 Å². The first-order valence-corrected chi connectivity index (χ1v) is 6.03. The maximum Gasteiger partial charge on any atom is 0.255 e. The SMILES string of the molecule is COc1ccc(C(=O)Nc2ccc(F)c(F)c2F)cc1C. The van der Waals surface area contributed by atoms with E-state index in [1.54, 1.807) is 19.1 Å². The largest absolute Gasteiger partial charge is 0.496 e. The predicted molar refractivity (Wildman–Crippen MR) is 72.0 cm³/mol. The van der Waals surface area contributed by atoms with E-state index in [1.807, 2.05) is 0 Å². The Morgan fingerprint density at radius 2 is 1.81 bits per heavy atom. The van der Waals surface area contributed by atoms with Crippen molar-refractivity contribution in [3.63, 3.8) is 0 Å². The number of hydrogen-bond donors (Lipinski definition) is 1. The van der Waals surface area contributed by atoms with Crippen LogP contribution in [0.1, 0.15) is 15.9 Å². The summed E-state index contributed by atoms with van der Waals surface area (Å²) in [5.74, 6) is -4.41. The Kier molecular flexibility index (Phi) is 4.16. The molecule has 0 spiro atoms. The van der Waals surface area contributed by atoms with Crippen LogP contribution in [0, 0.1) is 24.4 Å². The minimum absolute atomic E-state index is 0.248. The number of carbonyl (C=O) groups is 1. The molecule has 2 rings (SSSR count). The average molecular weight is 295 g/mol. The maximum absolute atomic E-state index is 13.5. The van der Waals surface area contributed by atoms with Crippen LogP contribution in [0.4, 0.5) is 18.9 Å². The van der Waals surface area contributed by atoms with Crippen LogP contribution in [0.5, 0.6) is 5.75 Å². The van der Waals surface area contributed by atoms with E-state index >= 15 is 0 Å². The predicted octanol–water partition coefficient (Wildman–Crippen LogP) is 3.67. The molecular formula is C15H12F3NO2. The Balaban J connectivity index is 2.26. The molecule has 1 N–H and O–H groups in total. The van der Waals surface area contributed by atoms with Gasteiger partial charge in [-0.05, 0) is 42.8 Å². The van der Waals surface area contributed by atoms with E-state index in [0.29, 0.717) is 5.75 Å². The van der Waals surface area contributed by atoms with Crippen LogP contribution >= 0.6 is 0 Å². The minimum Gasteiger partial charge on any atom is -0.496 e. The van der Waals surface area contributed by atoms with E-state index in [1.165, 1.54) is 13.2 Å². The lowest BCUT2D eigenvalue weighted by atomic mass is 10.1. The molecule has 3 nitrogen and oxygen atoms in total. The first kappa shape index (κ1) is 14.9. The fraction of sp³-hybridized carbons (Fsp3) is 0.133. The van der Waals surface area contributed by atoms with Gasteiger partial charge in [0.15, 0.2) is 17.5 Å². The van der Waals surface area contributed by atoms with Crippen molar-refractivity contribution in [1.29, 1.82) is 0 Å². The Morgan fingerprint density at radius 3 is 2.43 bits per heavy atom. The lowest BCUT2D eigenvalue weighted by molar-refractivity contribution is 0.102. The standard InChI is InChI=1S/C15H12F3NO2/c1-8-7-9(3-6-12(8)21-2)15(20)19-11-5-4-10(16)13(17)14(11)18/h3-7H,1-2H3,(H,19,20). The zero-order chi connectivity index (χ0) is 15.6. The molecule has 0 atom stereocenters. The summed E-state index contributed by atoms with van der Waals surface area (Å²) in [5.41, 5.74) is 0.542. The third kappa shape index (κ3) is 2.99.